The van der Waals surface area contributed by atoms with Gasteiger partial charge in [0, 0.05) is 37.9 Å². The minimum absolute atomic E-state index is 0.0888. The minimum atomic E-state index is -0.468. The highest BCUT2D eigenvalue weighted by molar-refractivity contribution is 6.06. The highest BCUT2D eigenvalue weighted by Crippen LogP contribution is 2.36. The third-order valence-corrected chi connectivity index (χ3v) is 7.12. The van der Waals surface area contributed by atoms with Crippen LogP contribution < -0.4 is 19.5 Å². The van der Waals surface area contributed by atoms with E-state index in [1.54, 1.807) is 23.1 Å². The highest BCUT2D eigenvalue weighted by atomic mass is 16.7. The lowest BCUT2D eigenvalue weighted by molar-refractivity contribution is 0.0343. The van der Waals surface area contributed by atoms with Gasteiger partial charge >= 0.3 is 0 Å². The first-order valence-corrected chi connectivity index (χ1v) is 13.2. The molecule has 5 rings (SSSR count). The fraction of sp³-hybridized carbons (Fsp3) is 0.379. The van der Waals surface area contributed by atoms with Crippen LogP contribution in [0.2, 0.25) is 0 Å². The zero-order valence-corrected chi connectivity index (χ0v) is 22.7. The number of anilines is 1. The molecule has 3 atom stereocenters. The first-order chi connectivity index (χ1) is 19.3. The molecule has 40 heavy (non-hydrogen) atoms. The highest BCUT2D eigenvalue weighted by Gasteiger charge is 2.34. The van der Waals surface area contributed by atoms with Crippen LogP contribution in [-0.4, -0.2) is 82.4 Å². The van der Waals surface area contributed by atoms with Crippen molar-refractivity contribution in [1.82, 2.24) is 19.8 Å². The predicted octanol–water partition coefficient (Wildman–Crippen LogP) is 2.81. The van der Waals surface area contributed by atoms with Crippen LogP contribution in [-0.2, 0) is 6.54 Å². The molecule has 2 N–H and O–H groups in total. The van der Waals surface area contributed by atoms with Crippen molar-refractivity contribution in [3.05, 3.63) is 71.8 Å². The first-order valence-electron chi connectivity index (χ1n) is 13.2. The van der Waals surface area contributed by atoms with Gasteiger partial charge in [-0.2, -0.15) is 0 Å². The van der Waals surface area contributed by atoms with Gasteiger partial charge in [0.15, 0.2) is 17.2 Å². The molecule has 0 unspecified atom stereocenters. The summed E-state index contributed by atoms with van der Waals surface area (Å²) in [7, 11) is 2.00. The largest absolute Gasteiger partial charge is 0.486 e. The molecule has 0 saturated carbocycles. The zero-order valence-electron chi connectivity index (χ0n) is 22.7. The van der Waals surface area contributed by atoms with Crippen molar-refractivity contribution in [2.75, 3.05) is 38.9 Å². The Balaban J connectivity index is 1.43. The number of aromatic nitrogens is 2. The van der Waals surface area contributed by atoms with Crippen LogP contribution in [0.25, 0.3) is 0 Å². The van der Waals surface area contributed by atoms with Gasteiger partial charge in [-0.1, -0.05) is 19.1 Å². The van der Waals surface area contributed by atoms with E-state index in [1.165, 1.54) is 18.6 Å². The Bertz CT molecular complexity index is 1370. The molecule has 0 aliphatic carbocycles. The Morgan fingerprint density at radius 2 is 2.05 bits per heavy atom. The number of rotatable bonds is 8. The summed E-state index contributed by atoms with van der Waals surface area (Å²) in [5.74, 6) is 0.919. The summed E-state index contributed by atoms with van der Waals surface area (Å²) >= 11 is 0. The van der Waals surface area contributed by atoms with Gasteiger partial charge in [0.25, 0.3) is 11.8 Å². The summed E-state index contributed by atoms with van der Waals surface area (Å²) < 4.78 is 17.5. The number of carbonyl (C=O) groups is 2. The summed E-state index contributed by atoms with van der Waals surface area (Å²) in [6.07, 6.45) is 3.95. The lowest BCUT2D eigenvalue weighted by Crippen LogP contribution is -2.49. The van der Waals surface area contributed by atoms with Crippen molar-refractivity contribution in [3.63, 3.8) is 0 Å². The summed E-state index contributed by atoms with van der Waals surface area (Å²) in [4.78, 5) is 38.5. The molecule has 3 aromatic rings. The molecule has 11 nitrogen and oxygen atoms in total. The third-order valence-electron chi connectivity index (χ3n) is 7.12. The lowest BCUT2D eigenvalue weighted by atomic mass is 9.98. The standard InChI is InChI=1S/C29H33N5O6/c1-18-13-34(19(2)16-35)29(37)21-5-4-6-22(32-28(36)23-12-30-9-10-31-23)27(21)40-26(18)15-33(3)14-20-7-8-24-25(11-20)39-17-38-24/h4-12,18-19,26,35H,13-17H2,1-3H3,(H,32,36)/t18-,19+,26-/m1/s1. The number of amides is 2. The molecular weight excluding hydrogens is 514 g/mol. The van der Waals surface area contributed by atoms with Crippen molar-refractivity contribution in [2.24, 2.45) is 5.92 Å². The second kappa shape index (κ2) is 11.9. The number of nitrogens with zero attached hydrogens (tertiary/aromatic N) is 4. The van der Waals surface area contributed by atoms with E-state index >= 15 is 0 Å². The molecule has 2 aliphatic heterocycles. The molecule has 11 heteroatoms. The SMILES string of the molecule is C[C@@H]1CN([C@@H](C)CO)C(=O)c2cccc(NC(=O)c3cnccn3)c2O[C@@H]1CN(C)Cc1ccc2c(c1)OCO2. The van der Waals surface area contributed by atoms with Gasteiger partial charge in [0.2, 0.25) is 6.79 Å². The number of ether oxygens (including phenoxy) is 3. The van der Waals surface area contributed by atoms with Gasteiger partial charge in [-0.05, 0) is 43.8 Å². The van der Waals surface area contributed by atoms with Crippen molar-refractivity contribution in [3.8, 4) is 17.2 Å². The van der Waals surface area contributed by atoms with E-state index in [-0.39, 0.29) is 42.8 Å². The molecule has 2 aliphatic rings. The molecule has 0 radical (unpaired) electrons. The molecule has 210 valence electrons. The minimum Gasteiger partial charge on any atom is -0.486 e. The van der Waals surface area contributed by atoms with Crippen molar-refractivity contribution >= 4 is 17.5 Å². The Morgan fingerprint density at radius 1 is 1.23 bits per heavy atom. The molecule has 0 bridgehead atoms. The topological polar surface area (TPSA) is 126 Å². The van der Waals surface area contributed by atoms with Gasteiger partial charge in [0.05, 0.1) is 30.1 Å². The number of benzene rings is 2. The quantitative estimate of drug-likeness (QED) is 0.438. The molecule has 0 fully saturated rings. The number of hydrogen-bond acceptors (Lipinski definition) is 9. The maximum absolute atomic E-state index is 13.7. The van der Waals surface area contributed by atoms with Crippen molar-refractivity contribution in [1.29, 1.82) is 0 Å². The second-order valence-corrected chi connectivity index (χ2v) is 10.2. The molecule has 0 saturated heterocycles. The number of fused-ring (bicyclic) bond motifs is 2. The second-order valence-electron chi connectivity index (χ2n) is 10.2. The van der Waals surface area contributed by atoms with Gasteiger partial charge in [-0.25, -0.2) is 4.98 Å². The number of nitrogens with one attached hydrogen (secondary N) is 1. The molecule has 0 spiro atoms. The monoisotopic (exact) mass is 547 g/mol. The van der Waals surface area contributed by atoms with Gasteiger partial charge < -0.3 is 29.5 Å². The maximum atomic E-state index is 13.7. The van der Waals surface area contributed by atoms with Gasteiger partial charge in [0.1, 0.15) is 11.8 Å². The number of aliphatic hydroxyl groups is 1. The fourth-order valence-corrected chi connectivity index (χ4v) is 4.89. The maximum Gasteiger partial charge on any atom is 0.275 e. The number of aliphatic hydroxyl groups excluding tert-OH is 1. The number of likely N-dealkylation sites (N-methyl/N-ethyl adjacent to an activating group) is 1. The van der Waals surface area contributed by atoms with Crippen LogP contribution in [0.5, 0.6) is 17.2 Å². The average molecular weight is 548 g/mol. The normalized spacial score (nSPS) is 18.9. The Labute approximate surface area is 232 Å². The predicted molar refractivity (Wildman–Crippen MR) is 146 cm³/mol. The van der Waals surface area contributed by atoms with E-state index in [0.717, 1.165) is 17.1 Å². The van der Waals surface area contributed by atoms with Gasteiger partial charge in [-0.15, -0.1) is 0 Å². The van der Waals surface area contributed by atoms with E-state index in [9.17, 15) is 14.7 Å². The summed E-state index contributed by atoms with van der Waals surface area (Å²) in [6.45, 7) is 5.46. The molecular formula is C29H33N5O6. The Hall–Kier alpha value is -4.22. The third kappa shape index (κ3) is 5.85. The van der Waals surface area contributed by atoms with Crippen molar-refractivity contribution < 1.29 is 28.9 Å². The summed E-state index contributed by atoms with van der Waals surface area (Å²) in [5, 5.41) is 12.8. The molecule has 2 amide bonds. The Kier molecular flexibility index (Phi) is 8.13. The number of hydrogen-bond donors (Lipinski definition) is 2. The van der Waals surface area contributed by atoms with Crippen LogP contribution in [0.1, 0.15) is 40.3 Å². The van der Waals surface area contributed by atoms with Crippen LogP contribution in [0.15, 0.2) is 55.0 Å². The average Bonchev–Trinajstić information content (AvgIpc) is 3.43. The van der Waals surface area contributed by atoms with Crippen LogP contribution in [0, 0.1) is 5.92 Å². The molecule has 3 heterocycles. The van der Waals surface area contributed by atoms with Gasteiger partial charge in [-0.3, -0.25) is 19.5 Å². The number of para-hydroxylation sites is 1. The van der Waals surface area contributed by atoms with E-state index in [1.807, 2.05) is 39.1 Å². The first kappa shape index (κ1) is 27.4. The Morgan fingerprint density at radius 3 is 2.83 bits per heavy atom. The van der Waals surface area contributed by atoms with E-state index < -0.39 is 11.9 Å². The van der Waals surface area contributed by atoms with Crippen molar-refractivity contribution in [2.45, 2.75) is 32.5 Å². The summed E-state index contributed by atoms with van der Waals surface area (Å²) in [6, 6.07) is 10.6. The fourth-order valence-electron chi connectivity index (χ4n) is 4.89. The van der Waals surface area contributed by atoms with E-state index in [0.29, 0.717) is 30.9 Å². The molecule has 2 aromatic carbocycles. The summed E-state index contributed by atoms with van der Waals surface area (Å²) in [5.41, 5.74) is 1.87. The smallest absolute Gasteiger partial charge is 0.275 e. The van der Waals surface area contributed by atoms with E-state index in [4.69, 9.17) is 14.2 Å². The van der Waals surface area contributed by atoms with Crippen LogP contribution >= 0.6 is 0 Å². The zero-order chi connectivity index (χ0) is 28.2. The van der Waals surface area contributed by atoms with Crippen LogP contribution in [0.4, 0.5) is 5.69 Å². The number of carbonyl (C=O) groups excluding carboxylic acids is 2. The lowest BCUT2D eigenvalue weighted by Gasteiger charge is -2.38. The van der Waals surface area contributed by atoms with Crippen LogP contribution in [0.3, 0.4) is 0 Å². The van der Waals surface area contributed by atoms with E-state index in [2.05, 4.69) is 20.2 Å². The molecule has 1 aromatic heterocycles.